The topological polar surface area (TPSA) is 65.2 Å². The molecule has 1 unspecified atom stereocenters. The molecule has 0 bridgehead atoms. The van der Waals surface area contributed by atoms with Crippen molar-refractivity contribution < 1.29 is 13.2 Å². The Bertz CT molecular complexity index is 1330. The molecule has 3 heterocycles. The molecular formula is C25H26F3N5O. The van der Waals surface area contributed by atoms with Crippen molar-refractivity contribution in [3.63, 3.8) is 0 Å². The molecule has 1 fully saturated rings. The largest absolute Gasteiger partial charge is 0.364 e. The van der Waals surface area contributed by atoms with Gasteiger partial charge in [-0.2, -0.15) is 5.26 Å². The first kappa shape index (κ1) is 23.8. The van der Waals surface area contributed by atoms with Crippen LogP contribution in [0.1, 0.15) is 44.5 Å². The zero-order chi connectivity index (χ0) is 24.7. The van der Waals surface area contributed by atoms with Crippen LogP contribution in [-0.2, 0) is 7.05 Å². The zero-order valence-corrected chi connectivity index (χ0v) is 19.5. The number of hydrogen-bond acceptors (Lipinski definition) is 5. The van der Waals surface area contributed by atoms with Gasteiger partial charge < -0.3 is 9.47 Å². The molecule has 9 heteroatoms. The van der Waals surface area contributed by atoms with E-state index in [0.717, 1.165) is 18.6 Å². The van der Waals surface area contributed by atoms with Gasteiger partial charge in [0.2, 0.25) is 0 Å². The molecule has 0 radical (unpaired) electrons. The van der Waals surface area contributed by atoms with E-state index in [-0.39, 0.29) is 29.4 Å². The van der Waals surface area contributed by atoms with Crippen LogP contribution in [-0.4, -0.2) is 39.6 Å². The molecule has 2 aromatic heterocycles. The summed E-state index contributed by atoms with van der Waals surface area (Å²) in [6.07, 6.45) is 0.747. The molecule has 178 valence electrons. The number of benzene rings is 1. The molecule has 0 amide bonds. The average Bonchev–Trinajstić information content (AvgIpc) is 2.83. The Labute approximate surface area is 195 Å². The second kappa shape index (κ2) is 9.11. The second-order valence-electron chi connectivity index (χ2n) is 8.84. The van der Waals surface area contributed by atoms with E-state index < -0.39 is 17.5 Å². The number of rotatable bonds is 4. The summed E-state index contributed by atoms with van der Waals surface area (Å²) in [5.74, 6) is -3.88. The highest BCUT2D eigenvalue weighted by Crippen LogP contribution is 2.34. The van der Waals surface area contributed by atoms with Gasteiger partial charge in [-0.1, -0.05) is 6.92 Å². The summed E-state index contributed by atoms with van der Waals surface area (Å²) in [5.41, 5.74) is 2.34. The van der Waals surface area contributed by atoms with Gasteiger partial charge in [-0.25, -0.2) is 18.2 Å². The van der Waals surface area contributed by atoms with Gasteiger partial charge in [-0.15, -0.1) is 0 Å². The molecule has 3 aromatic rings. The van der Waals surface area contributed by atoms with Crippen LogP contribution in [0.4, 0.5) is 18.9 Å². The lowest BCUT2D eigenvalue weighted by molar-refractivity contribution is 0.114. The van der Waals surface area contributed by atoms with Crippen LogP contribution in [0.3, 0.4) is 0 Å². The van der Waals surface area contributed by atoms with Gasteiger partial charge in [-0.05, 0) is 50.1 Å². The molecule has 1 aliphatic heterocycles. The zero-order valence-electron chi connectivity index (χ0n) is 19.5. The highest BCUT2D eigenvalue weighted by molar-refractivity contribution is 5.89. The fourth-order valence-corrected chi connectivity index (χ4v) is 4.85. The van der Waals surface area contributed by atoms with Crippen molar-refractivity contribution in [1.29, 1.82) is 5.26 Å². The number of anilines is 1. The van der Waals surface area contributed by atoms with Gasteiger partial charge in [-0.3, -0.25) is 9.69 Å². The predicted molar refractivity (Wildman–Crippen MR) is 124 cm³/mol. The van der Waals surface area contributed by atoms with Gasteiger partial charge in [0.25, 0.3) is 5.56 Å². The standard InChI is InChI=1S/C25H26F3N5O/c1-5-18-13-32(15(3)16-8-19(26)24(28)20(27)9-16)14(2)12-33(18)22-10-23(34)31(4)21-7-6-17(11-29)30-25(21)22/h6-10,14-15,18H,5,12-13H2,1-4H3/t14-,15?,18+/m1/s1. The summed E-state index contributed by atoms with van der Waals surface area (Å²) in [5, 5.41) is 9.34. The van der Waals surface area contributed by atoms with Crippen LogP contribution in [0.5, 0.6) is 0 Å². The first-order chi connectivity index (χ1) is 16.2. The Kier molecular flexibility index (Phi) is 6.36. The summed E-state index contributed by atoms with van der Waals surface area (Å²) in [6.45, 7) is 6.98. The van der Waals surface area contributed by atoms with Crippen molar-refractivity contribution >= 4 is 16.7 Å². The highest BCUT2D eigenvalue weighted by Gasteiger charge is 2.35. The number of aromatic nitrogens is 2. The van der Waals surface area contributed by atoms with E-state index in [0.29, 0.717) is 35.4 Å². The molecule has 1 aliphatic rings. The molecule has 0 saturated carbocycles. The first-order valence-corrected chi connectivity index (χ1v) is 11.2. The van der Waals surface area contributed by atoms with E-state index in [2.05, 4.69) is 20.9 Å². The van der Waals surface area contributed by atoms with Gasteiger partial charge in [0, 0.05) is 44.3 Å². The molecule has 34 heavy (non-hydrogen) atoms. The van der Waals surface area contributed by atoms with Crippen molar-refractivity contribution in [1.82, 2.24) is 14.5 Å². The lowest BCUT2D eigenvalue weighted by Crippen LogP contribution is -2.58. The van der Waals surface area contributed by atoms with E-state index in [1.54, 1.807) is 25.2 Å². The molecular weight excluding hydrogens is 443 g/mol. The van der Waals surface area contributed by atoms with E-state index in [1.165, 1.54) is 4.57 Å². The monoisotopic (exact) mass is 469 g/mol. The summed E-state index contributed by atoms with van der Waals surface area (Å²) < 4.78 is 42.7. The molecule has 0 N–H and O–H groups in total. The molecule has 3 atom stereocenters. The van der Waals surface area contributed by atoms with E-state index in [9.17, 15) is 23.2 Å². The van der Waals surface area contributed by atoms with Crippen molar-refractivity contribution in [3.05, 3.63) is 69.4 Å². The number of nitrogens with zero attached hydrogens (tertiary/aromatic N) is 5. The van der Waals surface area contributed by atoms with Crippen LogP contribution in [0.2, 0.25) is 0 Å². The van der Waals surface area contributed by atoms with Gasteiger partial charge in [0.05, 0.1) is 11.2 Å². The molecule has 0 aliphatic carbocycles. The third kappa shape index (κ3) is 4.03. The van der Waals surface area contributed by atoms with Crippen molar-refractivity contribution in [2.75, 3.05) is 18.0 Å². The maximum Gasteiger partial charge on any atom is 0.252 e. The smallest absolute Gasteiger partial charge is 0.252 e. The minimum atomic E-state index is -1.47. The van der Waals surface area contributed by atoms with Crippen molar-refractivity contribution in [2.45, 2.75) is 45.3 Å². The summed E-state index contributed by atoms with van der Waals surface area (Å²) in [7, 11) is 1.67. The minimum Gasteiger partial charge on any atom is -0.364 e. The molecule has 0 spiro atoms. The van der Waals surface area contributed by atoms with Crippen molar-refractivity contribution in [2.24, 2.45) is 7.05 Å². The van der Waals surface area contributed by atoms with Crippen LogP contribution < -0.4 is 10.5 Å². The SMILES string of the molecule is CC[C@H]1CN(C(C)c2cc(F)c(F)c(F)c2)[C@H](C)CN1c1cc(=O)n(C)c2ccc(C#N)nc12. The maximum atomic E-state index is 13.9. The normalized spacial score (nSPS) is 19.9. The number of nitriles is 1. The van der Waals surface area contributed by atoms with Crippen LogP contribution in [0.15, 0.2) is 35.1 Å². The number of hydrogen-bond donors (Lipinski definition) is 0. The third-order valence-electron chi connectivity index (χ3n) is 6.84. The first-order valence-electron chi connectivity index (χ1n) is 11.2. The number of aryl methyl sites for hydroxylation is 1. The third-order valence-corrected chi connectivity index (χ3v) is 6.84. The maximum absolute atomic E-state index is 13.9. The minimum absolute atomic E-state index is 0.0170. The van der Waals surface area contributed by atoms with E-state index in [1.807, 2.05) is 20.8 Å². The average molecular weight is 470 g/mol. The molecule has 6 nitrogen and oxygen atoms in total. The second-order valence-corrected chi connectivity index (χ2v) is 8.84. The van der Waals surface area contributed by atoms with Crippen molar-refractivity contribution in [3.8, 4) is 6.07 Å². The molecule has 1 aromatic carbocycles. The summed E-state index contributed by atoms with van der Waals surface area (Å²) in [4.78, 5) is 21.5. The van der Waals surface area contributed by atoms with Crippen LogP contribution >= 0.6 is 0 Å². The fourth-order valence-electron chi connectivity index (χ4n) is 4.85. The Morgan fingerprint density at radius 3 is 2.47 bits per heavy atom. The summed E-state index contributed by atoms with van der Waals surface area (Å²) in [6, 6.07) is 8.61. The predicted octanol–water partition coefficient (Wildman–Crippen LogP) is 4.27. The Balaban J connectivity index is 1.73. The lowest BCUT2D eigenvalue weighted by atomic mass is 9.98. The Morgan fingerprint density at radius 1 is 1.18 bits per heavy atom. The van der Waals surface area contributed by atoms with Gasteiger partial charge in [0.1, 0.15) is 17.3 Å². The van der Waals surface area contributed by atoms with Crippen LogP contribution in [0.25, 0.3) is 11.0 Å². The van der Waals surface area contributed by atoms with Gasteiger partial charge in [0.15, 0.2) is 17.5 Å². The number of pyridine rings is 2. The number of halogens is 3. The highest BCUT2D eigenvalue weighted by atomic mass is 19.2. The fraction of sp³-hybridized carbons (Fsp3) is 0.400. The number of fused-ring (bicyclic) bond motifs is 1. The Hall–Kier alpha value is -3.38. The Morgan fingerprint density at radius 2 is 1.85 bits per heavy atom. The van der Waals surface area contributed by atoms with E-state index in [4.69, 9.17) is 0 Å². The summed E-state index contributed by atoms with van der Waals surface area (Å²) >= 11 is 0. The van der Waals surface area contributed by atoms with Gasteiger partial charge >= 0.3 is 0 Å². The number of piperazine rings is 1. The van der Waals surface area contributed by atoms with Crippen LogP contribution in [0, 0.1) is 28.8 Å². The quantitative estimate of drug-likeness (QED) is 0.534. The molecule has 1 saturated heterocycles. The van der Waals surface area contributed by atoms with E-state index >= 15 is 0 Å². The molecule has 4 rings (SSSR count). The lowest BCUT2D eigenvalue weighted by Gasteiger charge is -2.48.